The van der Waals surface area contributed by atoms with E-state index in [0.717, 1.165) is 0 Å². The molecule has 28 heavy (non-hydrogen) atoms. The van der Waals surface area contributed by atoms with Crippen molar-refractivity contribution in [1.29, 1.82) is 0 Å². The summed E-state index contributed by atoms with van der Waals surface area (Å²) in [4.78, 5) is 39.1. The zero-order chi connectivity index (χ0) is 19.8. The van der Waals surface area contributed by atoms with Crippen LogP contribution in [0.2, 0.25) is 0 Å². The SMILES string of the molecule is C[C@H]1C=CC[C@H]2C(=O)N(c3cccc(OC(=O)c4ccccc4F)c3)C(=O)[C@H]12. The highest BCUT2D eigenvalue weighted by molar-refractivity contribution is 6.22. The lowest BCUT2D eigenvalue weighted by Gasteiger charge is -2.22. The molecule has 2 aromatic carbocycles. The first-order valence-electron chi connectivity index (χ1n) is 9.08. The topological polar surface area (TPSA) is 63.7 Å². The number of carbonyl (C=O) groups excluding carboxylic acids is 3. The minimum atomic E-state index is -0.846. The fourth-order valence-electron chi connectivity index (χ4n) is 3.88. The van der Waals surface area contributed by atoms with Crippen LogP contribution in [0.3, 0.4) is 0 Å². The Morgan fingerprint density at radius 3 is 2.64 bits per heavy atom. The number of halogens is 1. The minimum Gasteiger partial charge on any atom is -0.423 e. The van der Waals surface area contributed by atoms with Crippen molar-refractivity contribution in [2.75, 3.05) is 4.90 Å². The van der Waals surface area contributed by atoms with Gasteiger partial charge in [-0.2, -0.15) is 0 Å². The van der Waals surface area contributed by atoms with Gasteiger partial charge >= 0.3 is 5.97 Å². The van der Waals surface area contributed by atoms with Crippen LogP contribution in [0, 0.1) is 23.6 Å². The van der Waals surface area contributed by atoms with Gasteiger partial charge in [0.2, 0.25) is 11.8 Å². The van der Waals surface area contributed by atoms with Crippen molar-refractivity contribution in [1.82, 2.24) is 0 Å². The van der Waals surface area contributed by atoms with Crippen molar-refractivity contribution >= 4 is 23.5 Å². The summed E-state index contributed by atoms with van der Waals surface area (Å²) in [6.07, 6.45) is 4.44. The molecule has 1 saturated heterocycles. The first-order chi connectivity index (χ1) is 13.5. The normalized spacial score (nSPS) is 23.6. The van der Waals surface area contributed by atoms with Gasteiger partial charge in [0.25, 0.3) is 0 Å². The lowest BCUT2D eigenvalue weighted by atomic mass is 9.78. The quantitative estimate of drug-likeness (QED) is 0.353. The maximum Gasteiger partial charge on any atom is 0.346 e. The summed E-state index contributed by atoms with van der Waals surface area (Å²) in [6, 6.07) is 11.7. The van der Waals surface area contributed by atoms with Crippen LogP contribution >= 0.6 is 0 Å². The first-order valence-corrected chi connectivity index (χ1v) is 9.08. The number of anilines is 1. The summed E-state index contributed by atoms with van der Waals surface area (Å²) < 4.78 is 19.0. The highest BCUT2D eigenvalue weighted by Crippen LogP contribution is 2.40. The Kier molecular flexibility index (Phi) is 4.55. The van der Waals surface area contributed by atoms with Gasteiger partial charge in [-0.15, -0.1) is 0 Å². The van der Waals surface area contributed by atoms with Crippen molar-refractivity contribution in [2.45, 2.75) is 13.3 Å². The Morgan fingerprint density at radius 2 is 1.89 bits per heavy atom. The van der Waals surface area contributed by atoms with Crippen LogP contribution < -0.4 is 9.64 Å². The van der Waals surface area contributed by atoms with Crippen molar-refractivity contribution in [3.8, 4) is 5.75 Å². The predicted octanol–water partition coefficient (Wildman–Crippen LogP) is 3.75. The monoisotopic (exact) mass is 379 g/mol. The van der Waals surface area contributed by atoms with Crippen molar-refractivity contribution < 1.29 is 23.5 Å². The van der Waals surface area contributed by atoms with Gasteiger partial charge in [-0.3, -0.25) is 9.59 Å². The molecular formula is C22H18FNO4. The molecule has 2 amide bonds. The molecule has 0 N–H and O–H groups in total. The number of carbonyl (C=O) groups is 3. The second-order valence-corrected chi connectivity index (χ2v) is 7.03. The standard InChI is InChI=1S/C22H18FNO4/c1-13-6-4-10-17-19(13)21(26)24(20(17)25)14-7-5-8-15(12-14)28-22(27)16-9-2-3-11-18(16)23/h2-9,11-13,17,19H,10H2,1H3/t13-,17+,19+/m0/s1. The molecule has 0 bridgehead atoms. The molecule has 4 rings (SSSR count). The van der Waals surface area contributed by atoms with E-state index in [0.29, 0.717) is 12.1 Å². The molecule has 1 aliphatic carbocycles. The van der Waals surface area contributed by atoms with E-state index < -0.39 is 11.8 Å². The van der Waals surface area contributed by atoms with Crippen LogP contribution in [0.5, 0.6) is 5.75 Å². The molecule has 1 heterocycles. The Balaban J connectivity index is 1.59. The summed E-state index contributed by atoms with van der Waals surface area (Å²) in [7, 11) is 0. The van der Waals surface area contributed by atoms with Gasteiger partial charge in [-0.1, -0.05) is 37.3 Å². The van der Waals surface area contributed by atoms with Gasteiger partial charge in [-0.25, -0.2) is 14.1 Å². The van der Waals surface area contributed by atoms with E-state index >= 15 is 0 Å². The van der Waals surface area contributed by atoms with E-state index in [1.807, 2.05) is 19.1 Å². The molecule has 0 saturated carbocycles. The number of esters is 1. The number of fused-ring (bicyclic) bond motifs is 1. The highest BCUT2D eigenvalue weighted by atomic mass is 19.1. The van der Waals surface area contributed by atoms with Crippen molar-refractivity contribution in [2.24, 2.45) is 17.8 Å². The molecule has 0 spiro atoms. The van der Waals surface area contributed by atoms with Crippen molar-refractivity contribution in [3.05, 3.63) is 72.1 Å². The minimum absolute atomic E-state index is 0.0118. The largest absolute Gasteiger partial charge is 0.423 e. The highest BCUT2D eigenvalue weighted by Gasteiger charge is 2.50. The Morgan fingerprint density at radius 1 is 1.11 bits per heavy atom. The average molecular weight is 379 g/mol. The van der Waals surface area contributed by atoms with Crippen molar-refractivity contribution in [3.63, 3.8) is 0 Å². The second kappa shape index (κ2) is 7.03. The lowest BCUT2D eigenvalue weighted by molar-refractivity contribution is -0.122. The number of ether oxygens (including phenoxy) is 1. The van der Waals surface area contributed by atoms with E-state index in [1.165, 1.54) is 41.3 Å². The number of allylic oxidation sites excluding steroid dienone is 2. The zero-order valence-corrected chi connectivity index (χ0v) is 15.2. The third kappa shape index (κ3) is 3.01. The maximum absolute atomic E-state index is 13.8. The summed E-state index contributed by atoms with van der Waals surface area (Å²) in [6.45, 7) is 1.93. The summed E-state index contributed by atoms with van der Waals surface area (Å²) >= 11 is 0. The third-order valence-electron chi connectivity index (χ3n) is 5.25. The third-order valence-corrected chi connectivity index (χ3v) is 5.25. The summed E-state index contributed by atoms with van der Waals surface area (Å²) in [5.41, 5.74) is 0.155. The molecule has 6 heteroatoms. The zero-order valence-electron chi connectivity index (χ0n) is 15.2. The van der Waals surface area contributed by atoms with Crippen LogP contribution in [0.1, 0.15) is 23.7 Å². The van der Waals surface area contributed by atoms with Crippen LogP contribution in [-0.2, 0) is 9.59 Å². The van der Waals surface area contributed by atoms with Gasteiger partial charge in [0.1, 0.15) is 11.6 Å². The molecular weight excluding hydrogens is 361 g/mol. The number of imide groups is 1. The number of nitrogens with zero attached hydrogens (tertiary/aromatic N) is 1. The van der Waals surface area contributed by atoms with Gasteiger partial charge < -0.3 is 4.74 Å². The van der Waals surface area contributed by atoms with Crippen LogP contribution in [0.15, 0.2) is 60.7 Å². The molecule has 1 aliphatic heterocycles. The molecule has 3 atom stereocenters. The number of hydrogen-bond donors (Lipinski definition) is 0. The number of rotatable bonds is 3. The Labute approximate surface area is 161 Å². The Hall–Kier alpha value is -3.28. The van der Waals surface area contributed by atoms with Gasteiger partial charge in [0.05, 0.1) is 23.1 Å². The molecule has 0 unspecified atom stereocenters. The van der Waals surface area contributed by atoms with Crippen LogP contribution in [0.25, 0.3) is 0 Å². The second-order valence-electron chi connectivity index (χ2n) is 7.03. The summed E-state index contributed by atoms with van der Waals surface area (Å²) in [5, 5.41) is 0. The number of amides is 2. The molecule has 1 fully saturated rings. The fraction of sp³-hybridized carbons (Fsp3) is 0.227. The molecule has 0 aromatic heterocycles. The first kappa shape index (κ1) is 18.1. The smallest absolute Gasteiger partial charge is 0.346 e. The van der Waals surface area contributed by atoms with Gasteiger partial charge in [0.15, 0.2) is 0 Å². The van der Waals surface area contributed by atoms with Crippen LogP contribution in [0.4, 0.5) is 10.1 Å². The van der Waals surface area contributed by atoms with E-state index in [2.05, 4.69) is 0 Å². The average Bonchev–Trinajstić information content (AvgIpc) is 2.94. The van der Waals surface area contributed by atoms with E-state index in [4.69, 9.17) is 4.74 Å². The lowest BCUT2D eigenvalue weighted by Crippen LogP contribution is -2.31. The summed E-state index contributed by atoms with van der Waals surface area (Å²) in [5.74, 6) is -2.64. The van der Waals surface area contributed by atoms with Gasteiger partial charge in [0, 0.05) is 6.07 Å². The molecule has 142 valence electrons. The van der Waals surface area contributed by atoms with E-state index in [1.54, 1.807) is 12.1 Å². The predicted molar refractivity (Wildman–Crippen MR) is 100 cm³/mol. The molecule has 2 aliphatic rings. The number of hydrogen-bond acceptors (Lipinski definition) is 4. The van der Waals surface area contributed by atoms with E-state index in [9.17, 15) is 18.8 Å². The molecule has 2 aromatic rings. The van der Waals surface area contributed by atoms with Gasteiger partial charge in [-0.05, 0) is 36.6 Å². The van der Waals surface area contributed by atoms with Crippen LogP contribution in [-0.4, -0.2) is 17.8 Å². The molecule has 5 nitrogen and oxygen atoms in total. The number of benzene rings is 2. The Bertz CT molecular complexity index is 1000. The molecule has 0 radical (unpaired) electrons. The fourth-order valence-corrected chi connectivity index (χ4v) is 3.88. The van der Waals surface area contributed by atoms with E-state index in [-0.39, 0.29) is 40.9 Å². The maximum atomic E-state index is 13.8.